The standard InChI is InChI=1S/C23H17Cl2N5O5/c1-35-22(33)17(28-20(31)18-15(24)3-2-4-16(18)25)9-12-5-7-13(8-6-12)30-21(32)14-10-26-11-27-19(14)29-23(30)34/h2-8,10-11,17H,9H2,1H3,(H,28,31)(H,26,27,29,34)/t17-/m0/s1. The molecule has 0 radical (unpaired) electrons. The molecule has 178 valence electrons. The smallest absolute Gasteiger partial charge is 0.334 e. The summed E-state index contributed by atoms with van der Waals surface area (Å²) in [6.45, 7) is 0. The number of carbonyl (C=O) groups is 2. The first-order valence-electron chi connectivity index (χ1n) is 10.2. The lowest BCUT2D eigenvalue weighted by Gasteiger charge is -2.18. The van der Waals surface area contributed by atoms with Crippen molar-refractivity contribution in [1.82, 2.24) is 24.8 Å². The first kappa shape index (κ1) is 24.1. The van der Waals surface area contributed by atoms with Gasteiger partial charge in [0, 0.05) is 12.6 Å². The number of halogens is 2. The summed E-state index contributed by atoms with van der Waals surface area (Å²) in [6, 6.07) is 9.91. The number of H-pyrrole nitrogens is 1. The fourth-order valence-electron chi connectivity index (χ4n) is 3.49. The van der Waals surface area contributed by atoms with Crippen LogP contribution in [0.1, 0.15) is 15.9 Å². The SMILES string of the molecule is COC(=O)[C@H](Cc1ccc(-n2c(=O)[nH]c3ncncc3c2=O)cc1)NC(=O)c1c(Cl)cccc1Cl. The van der Waals surface area contributed by atoms with Crippen LogP contribution in [0.2, 0.25) is 10.0 Å². The second kappa shape index (κ2) is 10.1. The molecule has 0 fully saturated rings. The molecule has 0 aliphatic rings. The maximum atomic E-state index is 12.8. The number of benzene rings is 2. The Bertz CT molecular complexity index is 1530. The highest BCUT2D eigenvalue weighted by atomic mass is 35.5. The lowest BCUT2D eigenvalue weighted by molar-refractivity contribution is -0.142. The van der Waals surface area contributed by atoms with Crippen LogP contribution in [0.25, 0.3) is 16.7 Å². The van der Waals surface area contributed by atoms with E-state index in [1.165, 1.54) is 31.8 Å². The minimum atomic E-state index is -1.05. The van der Waals surface area contributed by atoms with Crippen molar-refractivity contribution in [2.24, 2.45) is 0 Å². The van der Waals surface area contributed by atoms with E-state index in [1.54, 1.807) is 30.3 Å². The second-order valence-corrected chi connectivity index (χ2v) is 8.19. The first-order valence-corrected chi connectivity index (χ1v) is 10.9. The van der Waals surface area contributed by atoms with Crippen molar-refractivity contribution < 1.29 is 14.3 Å². The molecule has 1 atom stereocenters. The Morgan fingerprint density at radius 3 is 2.46 bits per heavy atom. The molecule has 35 heavy (non-hydrogen) atoms. The average Bonchev–Trinajstić information content (AvgIpc) is 2.84. The Balaban J connectivity index is 1.60. The molecule has 4 rings (SSSR count). The second-order valence-electron chi connectivity index (χ2n) is 7.37. The molecule has 2 N–H and O–H groups in total. The molecule has 2 aromatic carbocycles. The number of esters is 1. The Kier molecular flexibility index (Phi) is 6.94. The van der Waals surface area contributed by atoms with Crippen LogP contribution < -0.4 is 16.6 Å². The summed E-state index contributed by atoms with van der Waals surface area (Å²) in [7, 11) is 1.20. The third-order valence-electron chi connectivity index (χ3n) is 5.19. The molecule has 4 aromatic rings. The molecular formula is C23H17Cl2N5O5. The molecule has 10 nitrogen and oxygen atoms in total. The molecule has 0 saturated carbocycles. The van der Waals surface area contributed by atoms with Gasteiger partial charge >= 0.3 is 11.7 Å². The van der Waals surface area contributed by atoms with Crippen LogP contribution in [0.15, 0.2) is 64.6 Å². The van der Waals surface area contributed by atoms with Crippen LogP contribution in [0.4, 0.5) is 0 Å². The Morgan fingerprint density at radius 2 is 1.80 bits per heavy atom. The molecule has 0 spiro atoms. The molecule has 0 aliphatic heterocycles. The number of methoxy groups -OCH3 is 1. The van der Waals surface area contributed by atoms with Gasteiger partial charge in [-0.3, -0.25) is 14.6 Å². The van der Waals surface area contributed by atoms with Crippen molar-refractivity contribution in [2.45, 2.75) is 12.5 Å². The van der Waals surface area contributed by atoms with Crippen LogP contribution in [-0.2, 0) is 16.0 Å². The summed E-state index contributed by atoms with van der Waals surface area (Å²) >= 11 is 12.2. The summed E-state index contributed by atoms with van der Waals surface area (Å²) in [5.74, 6) is -1.31. The number of fused-ring (bicyclic) bond motifs is 1. The zero-order chi connectivity index (χ0) is 25.1. The predicted octanol–water partition coefficient (Wildman–Crippen LogP) is 2.29. The first-order chi connectivity index (χ1) is 16.8. The largest absolute Gasteiger partial charge is 0.467 e. The molecule has 0 saturated heterocycles. The number of carbonyl (C=O) groups excluding carboxylic acids is 2. The summed E-state index contributed by atoms with van der Waals surface area (Å²) < 4.78 is 5.78. The van der Waals surface area contributed by atoms with Gasteiger partial charge in [-0.15, -0.1) is 0 Å². The fraction of sp³-hybridized carbons (Fsp3) is 0.130. The van der Waals surface area contributed by atoms with Gasteiger partial charge in [0.05, 0.1) is 28.4 Å². The van der Waals surface area contributed by atoms with Crippen molar-refractivity contribution in [1.29, 1.82) is 0 Å². The number of hydrogen-bond donors (Lipinski definition) is 2. The van der Waals surface area contributed by atoms with Gasteiger partial charge in [0.15, 0.2) is 0 Å². The monoisotopic (exact) mass is 513 g/mol. The predicted molar refractivity (Wildman–Crippen MR) is 129 cm³/mol. The Morgan fingerprint density at radius 1 is 1.11 bits per heavy atom. The van der Waals surface area contributed by atoms with Crippen molar-refractivity contribution in [2.75, 3.05) is 7.11 Å². The summed E-state index contributed by atoms with van der Waals surface area (Å²) in [6.07, 6.45) is 2.62. The zero-order valence-electron chi connectivity index (χ0n) is 18.1. The van der Waals surface area contributed by atoms with E-state index >= 15 is 0 Å². The molecule has 2 aromatic heterocycles. The summed E-state index contributed by atoms with van der Waals surface area (Å²) in [5, 5.41) is 3.02. The molecule has 0 bridgehead atoms. The highest BCUT2D eigenvalue weighted by molar-refractivity contribution is 6.39. The van der Waals surface area contributed by atoms with Crippen molar-refractivity contribution >= 4 is 46.1 Å². The number of ether oxygens (including phenoxy) is 1. The van der Waals surface area contributed by atoms with E-state index in [1.807, 2.05) is 0 Å². The van der Waals surface area contributed by atoms with Crippen molar-refractivity contribution in [3.8, 4) is 5.69 Å². The lowest BCUT2D eigenvalue weighted by atomic mass is 10.0. The van der Waals surface area contributed by atoms with E-state index in [0.29, 0.717) is 11.3 Å². The van der Waals surface area contributed by atoms with Gasteiger partial charge in [0.1, 0.15) is 23.4 Å². The molecule has 2 heterocycles. The van der Waals surface area contributed by atoms with Crippen LogP contribution in [-0.4, -0.2) is 44.5 Å². The van der Waals surface area contributed by atoms with Gasteiger partial charge in [-0.25, -0.2) is 24.1 Å². The van der Waals surface area contributed by atoms with E-state index in [9.17, 15) is 19.2 Å². The van der Waals surface area contributed by atoms with E-state index in [2.05, 4.69) is 20.3 Å². The van der Waals surface area contributed by atoms with Gasteiger partial charge < -0.3 is 10.1 Å². The number of rotatable bonds is 6. The van der Waals surface area contributed by atoms with E-state index in [0.717, 1.165) is 4.57 Å². The number of aromatic amines is 1. The van der Waals surface area contributed by atoms with Crippen LogP contribution in [0, 0.1) is 0 Å². The quantitative estimate of drug-likeness (QED) is 0.377. The summed E-state index contributed by atoms with van der Waals surface area (Å²) in [4.78, 5) is 60.6. The van der Waals surface area contributed by atoms with Gasteiger partial charge in [0.2, 0.25) is 0 Å². The number of hydrogen-bond acceptors (Lipinski definition) is 7. The number of nitrogens with one attached hydrogen (secondary N) is 2. The average molecular weight is 514 g/mol. The zero-order valence-corrected chi connectivity index (χ0v) is 19.6. The van der Waals surface area contributed by atoms with Crippen molar-refractivity contribution in [3.05, 3.63) is 97.0 Å². The minimum Gasteiger partial charge on any atom is -0.467 e. The molecule has 0 unspecified atom stereocenters. The third-order valence-corrected chi connectivity index (χ3v) is 5.82. The van der Waals surface area contributed by atoms with Gasteiger partial charge in [0.25, 0.3) is 11.5 Å². The van der Waals surface area contributed by atoms with Crippen LogP contribution in [0.5, 0.6) is 0 Å². The number of amides is 1. The maximum absolute atomic E-state index is 12.8. The number of aromatic nitrogens is 4. The normalized spacial score (nSPS) is 11.7. The highest BCUT2D eigenvalue weighted by Crippen LogP contribution is 2.24. The molecule has 0 aliphatic carbocycles. The highest BCUT2D eigenvalue weighted by Gasteiger charge is 2.25. The topological polar surface area (TPSA) is 136 Å². The fourth-order valence-corrected chi connectivity index (χ4v) is 4.06. The van der Waals surface area contributed by atoms with E-state index in [-0.39, 0.29) is 33.1 Å². The maximum Gasteiger partial charge on any atom is 0.334 e. The van der Waals surface area contributed by atoms with Gasteiger partial charge in [-0.05, 0) is 29.8 Å². The number of nitrogens with zero attached hydrogens (tertiary/aromatic N) is 3. The Hall–Kier alpha value is -4.02. The molecule has 12 heteroatoms. The Labute approximate surface area is 207 Å². The van der Waals surface area contributed by atoms with E-state index in [4.69, 9.17) is 27.9 Å². The van der Waals surface area contributed by atoms with Crippen LogP contribution >= 0.6 is 23.2 Å². The van der Waals surface area contributed by atoms with E-state index < -0.39 is 29.2 Å². The summed E-state index contributed by atoms with van der Waals surface area (Å²) in [5.41, 5.74) is -0.133. The minimum absolute atomic E-state index is 0.0407. The van der Waals surface area contributed by atoms with Crippen molar-refractivity contribution in [3.63, 3.8) is 0 Å². The van der Waals surface area contributed by atoms with Crippen LogP contribution in [0.3, 0.4) is 0 Å². The molecule has 1 amide bonds. The van der Waals surface area contributed by atoms with Gasteiger partial charge in [-0.1, -0.05) is 41.4 Å². The van der Waals surface area contributed by atoms with Gasteiger partial charge in [-0.2, -0.15) is 0 Å². The third kappa shape index (κ3) is 4.93. The molecular weight excluding hydrogens is 497 g/mol. The lowest BCUT2D eigenvalue weighted by Crippen LogP contribution is -2.43.